The number of rotatable bonds is 5. The van der Waals surface area contributed by atoms with Crippen LogP contribution in [-0.4, -0.2) is 35.4 Å². The lowest BCUT2D eigenvalue weighted by Crippen LogP contribution is -2.15. The number of aryl methyl sites for hydroxylation is 3. The van der Waals surface area contributed by atoms with Crippen LogP contribution < -0.4 is 11.1 Å². The lowest BCUT2D eigenvalue weighted by atomic mass is 9.94. The highest BCUT2D eigenvalue weighted by Gasteiger charge is 2.44. The third-order valence-corrected chi connectivity index (χ3v) is 6.83. The Labute approximate surface area is 208 Å². The van der Waals surface area contributed by atoms with E-state index in [0.29, 0.717) is 11.5 Å². The maximum absolute atomic E-state index is 12.9. The maximum atomic E-state index is 12.9. The van der Waals surface area contributed by atoms with Gasteiger partial charge in [-0.2, -0.15) is 10.2 Å². The van der Waals surface area contributed by atoms with Gasteiger partial charge >= 0.3 is 0 Å². The van der Waals surface area contributed by atoms with E-state index in [9.17, 15) is 4.79 Å². The van der Waals surface area contributed by atoms with E-state index in [1.54, 1.807) is 21.8 Å². The van der Waals surface area contributed by atoms with Gasteiger partial charge in [0, 0.05) is 67.0 Å². The van der Waals surface area contributed by atoms with Gasteiger partial charge in [-0.1, -0.05) is 0 Å². The van der Waals surface area contributed by atoms with Crippen molar-refractivity contribution < 1.29 is 4.79 Å². The lowest BCUT2D eigenvalue weighted by Gasteiger charge is -2.14. The van der Waals surface area contributed by atoms with Crippen LogP contribution in [0, 0.1) is 12.8 Å². The van der Waals surface area contributed by atoms with Gasteiger partial charge in [-0.05, 0) is 65.6 Å². The largest absolute Gasteiger partial charge is 0.398 e. The van der Waals surface area contributed by atoms with Crippen LogP contribution in [0.3, 0.4) is 0 Å². The summed E-state index contributed by atoms with van der Waals surface area (Å²) in [6.45, 7) is 2.06. The first-order valence-corrected chi connectivity index (χ1v) is 11.8. The van der Waals surface area contributed by atoms with Gasteiger partial charge in [0.25, 0.3) is 0 Å². The van der Waals surface area contributed by atoms with Crippen LogP contribution in [-0.2, 0) is 18.9 Å². The zero-order chi connectivity index (χ0) is 25.0. The highest BCUT2D eigenvalue weighted by Crippen LogP contribution is 2.48. The van der Waals surface area contributed by atoms with Gasteiger partial charge in [0.15, 0.2) is 0 Å². The first-order valence-electron chi connectivity index (χ1n) is 11.8. The molecule has 1 aliphatic rings. The Kier molecular flexibility index (Phi) is 5.06. The number of pyridine rings is 2. The molecule has 5 aromatic rings. The Balaban J connectivity index is 1.33. The molecule has 3 N–H and O–H groups in total. The van der Waals surface area contributed by atoms with Crippen molar-refractivity contribution in [2.75, 3.05) is 11.1 Å². The molecule has 9 nitrogen and oxygen atoms in total. The third kappa shape index (κ3) is 3.88. The van der Waals surface area contributed by atoms with E-state index in [-0.39, 0.29) is 17.7 Å². The molecule has 2 atom stereocenters. The number of anilines is 2. The van der Waals surface area contributed by atoms with Gasteiger partial charge in [-0.3, -0.25) is 19.1 Å². The summed E-state index contributed by atoms with van der Waals surface area (Å²) in [7, 11) is 3.77. The fraction of sp³-hybridized carbons (Fsp3) is 0.222. The lowest BCUT2D eigenvalue weighted by molar-refractivity contribution is -0.117. The molecule has 1 aromatic carbocycles. The number of nitrogens with one attached hydrogen (secondary N) is 1. The molecule has 0 saturated heterocycles. The highest BCUT2D eigenvalue weighted by atomic mass is 16.2. The summed E-state index contributed by atoms with van der Waals surface area (Å²) in [5, 5.41) is 13.2. The smallest absolute Gasteiger partial charge is 0.229 e. The molecule has 1 aliphatic carbocycles. The molecule has 0 spiro atoms. The number of benzene rings is 1. The Bertz CT molecular complexity index is 1630. The molecule has 4 heterocycles. The normalized spacial score (nSPS) is 16.9. The average Bonchev–Trinajstić information content (AvgIpc) is 3.35. The summed E-state index contributed by atoms with van der Waals surface area (Å²) in [4.78, 5) is 22.0. The molecular weight excluding hydrogens is 452 g/mol. The number of amides is 1. The number of nitrogens with two attached hydrogens (primary N) is 1. The van der Waals surface area contributed by atoms with Crippen molar-refractivity contribution >= 4 is 28.2 Å². The summed E-state index contributed by atoms with van der Waals surface area (Å²) >= 11 is 0. The van der Waals surface area contributed by atoms with E-state index < -0.39 is 0 Å². The molecule has 0 bridgehead atoms. The van der Waals surface area contributed by atoms with Crippen LogP contribution in [0.4, 0.5) is 11.5 Å². The van der Waals surface area contributed by atoms with Crippen LogP contribution in [0.25, 0.3) is 33.2 Å². The minimum atomic E-state index is -0.0665. The van der Waals surface area contributed by atoms with Crippen LogP contribution in [0.1, 0.15) is 23.5 Å². The average molecular weight is 479 g/mol. The molecule has 180 valence electrons. The maximum Gasteiger partial charge on any atom is 0.229 e. The molecule has 1 amide bonds. The fourth-order valence-electron chi connectivity index (χ4n) is 4.89. The second-order valence-electron chi connectivity index (χ2n) is 9.50. The summed E-state index contributed by atoms with van der Waals surface area (Å²) in [5.74, 6) is 0.627. The molecular formula is C27H26N8O. The Hall–Kier alpha value is -4.53. The van der Waals surface area contributed by atoms with Gasteiger partial charge in [0.2, 0.25) is 5.91 Å². The molecule has 0 unspecified atom stereocenters. The topological polar surface area (TPSA) is 117 Å². The van der Waals surface area contributed by atoms with Crippen LogP contribution >= 0.6 is 0 Å². The van der Waals surface area contributed by atoms with Crippen molar-refractivity contribution in [1.82, 2.24) is 29.5 Å². The molecule has 36 heavy (non-hydrogen) atoms. The highest BCUT2D eigenvalue weighted by molar-refractivity contribution is 6.01. The number of carbonyl (C=O) groups excluding carboxylic acids is 1. The number of nitrogen functional groups attached to an aromatic ring is 1. The van der Waals surface area contributed by atoms with Crippen LogP contribution in [0.5, 0.6) is 0 Å². The van der Waals surface area contributed by atoms with E-state index >= 15 is 0 Å². The minimum Gasteiger partial charge on any atom is -0.398 e. The Morgan fingerprint density at radius 3 is 2.58 bits per heavy atom. The predicted molar refractivity (Wildman–Crippen MR) is 139 cm³/mol. The zero-order valence-corrected chi connectivity index (χ0v) is 20.3. The zero-order valence-electron chi connectivity index (χ0n) is 20.3. The molecule has 1 fully saturated rings. The Morgan fingerprint density at radius 1 is 1.03 bits per heavy atom. The number of hydrogen-bond acceptors (Lipinski definition) is 6. The fourth-order valence-corrected chi connectivity index (χ4v) is 4.89. The number of nitrogens with zero attached hydrogens (tertiary/aromatic N) is 6. The van der Waals surface area contributed by atoms with Crippen LogP contribution in [0.15, 0.2) is 61.4 Å². The monoisotopic (exact) mass is 478 g/mol. The van der Waals surface area contributed by atoms with E-state index in [1.165, 1.54) is 0 Å². The minimum absolute atomic E-state index is 0.0261. The van der Waals surface area contributed by atoms with Gasteiger partial charge < -0.3 is 11.1 Å². The molecule has 4 aromatic heterocycles. The molecule has 9 heteroatoms. The second-order valence-corrected chi connectivity index (χ2v) is 9.50. The van der Waals surface area contributed by atoms with Gasteiger partial charge in [0.1, 0.15) is 5.82 Å². The van der Waals surface area contributed by atoms with E-state index in [2.05, 4.69) is 38.5 Å². The molecule has 0 aliphatic heterocycles. The van der Waals surface area contributed by atoms with E-state index in [1.807, 2.05) is 57.1 Å². The first-order chi connectivity index (χ1) is 17.4. The molecule has 0 radical (unpaired) electrons. The summed E-state index contributed by atoms with van der Waals surface area (Å²) in [5.41, 5.74) is 13.0. The van der Waals surface area contributed by atoms with Gasteiger partial charge in [-0.25, -0.2) is 4.98 Å². The number of hydrogen-bond donors (Lipinski definition) is 2. The summed E-state index contributed by atoms with van der Waals surface area (Å²) in [6.07, 6.45) is 11.9. The van der Waals surface area contributed by atoms with Gasteiger partial charge in [-0.15, -0.1) is 0 Å². The Morgan fingerprint density at radius 2 is 1.83 bits per heavy atom. The number of fused-ring (bicyclic) bond motifs is 1. The number of aromatic nitrogens is 6. The summed E-state index contributed by atoms with van der Waals surface area (Å²) < 4.78 is 3.52. The standard InChI is InChI=1S/C27H26N8O/c1-15-4-5-29-26(19-11-32-35(3)14-19)25(15)17-6-16-8-24(30-12-22(16)23(28)7-17)33-27(36)21-9-20(21)18-10-31-34(2)13-18/h4-8,10-14,20-21H,9,28H2,1-3H3,(H,30,33,36)/t20-,21+/m1/s1. The predicted octanol–water partition coefficient (Wildman–Crippen LogP) is 4.06. The number of carbonyl (C=O) groups is 1. The second kappa shape index (κ2) is 8.30. The van der Waals surface area contributed by atoms with Crippen molar-refractivity contribution in [3.63, 3.8) is 0 Å². The SMILES string of the molecule is Cc1ccnc(-c2cnn(C)c2)c1-c1cc(N)c2cnc(NC(=O)[C@H]3C[C@@H]3c3cnn(C)c3)cc2c1. The van der Waals surface area contributed by atoms with Crippen molar-refractivity contribution in [3.8, 4) is 22.4 Å². The third-order valence-electron chi connectivity index (χ3n) is 6.83. The van der Waals surface area contributed by atoms with Crippen molar-refractivity contribution in [3.05, 3.63) is 72.6 Å². The molecule has 1 saturated carbocycles. The van der Waals surface area contributed by atoms with Crippen molar-refractivity contribution in [2.45, 2.75) is 19.3 Å². The molecule has 6 rings (SSSR count). The quantitative estimate of drug-likeness (QED) is 0.368. The first kappa shape index (κ1) is 22.0. The van der Waals surface area contributed by atoms with E-state index in [4.69, 9.17) is 5.73 Å². The van der Waals surface area contributed by atoms with Crippen molar-refractivity contribution in [1.29, 1.82) is 0 Å². The van der Waals surface area contributed by atoms with Gasteiger partial charge in [0.05, 0.1) is 18.1 Å². The van der Waals surface area contributed by atoms with Crippen molar-refractivity contribution in [2.24, 2.45) is 20.0 Å². The van der Waals surface area contributed by atoms with Crippen LogP contribution in [0.2, 0.25) is 0 Å². The summed E-state index contributed by atoms with van der Waals surface area (Å²) in [6, 6.07) is 7.89. The van der Waals surface area contributed by atoms with E-state index in [0.717, 1.165) is 50.7 Å².